The van der Waals surface area contributed by atoms with Crippen LogP contribution < -0.4 is 5.32 Å². The van der Waals surface area contributed by atoms with E-state index in [1.54, 1.807) is 0 Å². The molecule has 27 heavy (non-hydrogen) atoms. The molecule has 0 saturated carbocycles. The second-order valence-corrected chi connectivity index (χ2v) is 7.06. The second kappa shape index (κ2) is 7.51. The molecule has 0 radical (unpaired) electrons. The van der Waals surface area contributed by atoms with Gasteiger partial charge < -0.3 is 5.32 Å². The van der Waals surface area contributed by atoms with E-state index in [0.29, 0.717) is 17.1 Å². The van der Waals surface area contributed by atoms with E-state index < -0.39 is 0 Å². The number of nitrogens with zero attached hydrogens (tertiary/aromatic N) is 4. The van der Waals surface area contributed by atoms with Gasteiger partial charge in [0.05, 0.1) is 5.69 Å². The SMILES string of the molecule is Cc1cccc(-c2cccc(CNC(=O)c3sccc3-n3cnnn3)c2)c1. The summed E-state index contributed by atoms with van der Waals surface area (Å²) in [6, 6.07) is 18.4. The van der Waals surface area contributed by atoms with Crippen LogP contribution in [-0.4, -0.2) is 26.1 Å². The van der Waals surface area contributed by atoms with Crippen molar-refractivity contribution in [1.29, 1.82) is 0 Å². The van der Waals surface area contributed by atoms with Crippen molar-refractivity contribution in [3.63, 3.8) is 0 Å². The van der Waals surface area contributed by atoms with Crippen molar-refractivity contribution in [2.24, 2.45) is 0 Å². The second-order valence-electron chi connectivity index (χ2n) is 6.14. The molecule has 0 bridgehead atoms. The van der Waals surface area contributed by atoms with Gasteiger partial charge in [-0.05, 0) is 51.6 Å². The Hall–Kier alpha value is -3.32. The van der Waals surface area contributed by atoms with E-state index in [9.17, 15) is 4.79 Å². The maximum Gasteiger partial charge on any atom is 0.263 e. The number of hydrogen-bond acceptors (Lipinski definition) is 5. The zero-order valence-electron chi connectivity index (χ0n) is 14.7. The Balaban J connectivity index is 1.49. The van der Waals surface area contributed by atoms with E-state index >= 15 is 0 Å². The summed E-state index contributed by atoms with van der Waals surface area (Å²) in [4.78, 5) is 13.2. The van der Waals surface area contributed by atoms with Crippen LogP contribution in [0.3, 0.4) is 0 Å². The maximum atomic E-state index is 12.6. The van der Waals surface area contributed by atoms with Crippen LogP contribution in [0.25, 0.3) is 16.8 Å². The highest BCUT2D eigenvalue weighted by Gasteiger charge is 2.15. The third-order valence-electron chi connectivity index (χ3n) is 4.18. The first-order valence-electron chi connectivity index (χ1n) is 8.46. The minimum Gasteiger partial charge on any atom is -0.347 e. The maximum absolute atomic E-state index is 12.6. The summed E-state index contributed by atoms with van der Waals surface area (Å²) < 4.78 is 1.49. The van der Waals surface area contributed by atoms with Gasteiger partial charge in [-0.2, -0.15) is 4.68 Å². The molecule has 0 saturated heterocycles. The molecule has 0 fully saturated rings. The number of hydrogen-bond donors (Lipinski definition) is 1. The standard InChI is InChI=1S/C20H17N5OS/c1-14-4-2-6-16(10-14)17-7-3-5-15(11-17)12-21-20(26)19-18(8-9-27-19)25-13-22-23-24-25/h2-11,13H,12H2,1H3,(H,21,26). The smallest absolute Gasteiger partial charge is 0.263 e. The van der Waals surface area contributed by atoms with Gasteiger partial charge >= 0.3 is 0 Å². The molecule has 2 aromatic carbocycles. The molecule has 4 aromatic rings. The molecule has 0 unspecified atom stereocenters. The average Bonchev–Trinajstić information content (AvgIpc) is 3.37. The molecule has 0 spiro atoms. The van der Waals surface area contributed by atoms with Gasteiger partial charge in [-0.15, -0.1) is 16.4 Å². The third-order valence-corrected chi connectivity index (χ3v) is 5.08. The van der Waals surface area contributed by atoms with Crippen LogP contribution in [0.4, 0.5) is 0 Å². The lowest BCUT2D eigenvalue weighted by Gasteiger charge is -2.08. The number of amides is 1. The summed E-state index contributed by atoms with van der Waals surface area (Å²) in [5.74, 6) is -0.142. The molecule has 1 amide bonds. The number of aromatic nitrogens is 4. The molecular formula is C20H17N5OS. The highest BCUT2D eigenvalue weighted by atomic mass is 32.1. The number of carbonyl (C=O) groups excluding carboxylic acids is 1. The van der Waals surface area contributed by atoms with Crippen LogP contribution in [0.15, 0.2) is 66.3 Å². The number of nitrogens with one attached hydrogen (secondary N) is 1. The van der Waals surface area contributed by atoms with Crippen LogP contribution in [-0.2, 0) is 6.54 Å². The Kier molecular flexibility index (Phi) is 4.76. The predicted octanol–water partition coefficient (Wildman–Crippen LogP) is 3.63. The number of tetrazole rings is 1. The fourth-order valence-corrected chi connectivity index (χ4v) is 3.67. The topological polar surface area (TPSA) is 72.7 Å². The Morgan fingerprint density at radius 1 is 1.11 bits per heavy atom. The van der Waals surface area contributed by atoms with Crippen molar-refractivity contribution >= 4 is 17.2 Å². The summed E-state index contributed by atoms with van der Waals surface area (Å²) >= 11 is 1.36. The molecule has 4 rings (SSSR count). The Bertz CT molecular complexity index is 1070. The van der Waals surface area contributed by atoms with Gasteiger partial charge in [0, 0.05) is 6.54 Å². The monoisotopic (exact) mass is 375 g/mol. The van der Waals surface area contributed by atoms with Gasteiger partial charge in [-0.25, -0.2) is 0 Å². The number of aryl methyl sites for hydroxylation is 1. The molecule has 2 aromatic heterocycles. The molecule has 0 aliphatic heterocycles. The minimum absolute atomic E-state index is 0.142. The molecule has 0 aliphatic carbocycles. The molecule has 7 heteroatoms. The molecule has 0 atom stereocenters. The summed E-state index contributed by atoms with van der Waals surface area (Å²) in [7, 11) is 0. The largest absolute Gasteiger partial charge is 0.347 e. The van der Waals surface area contributed by atoms with Crippen LogP contribution in [0, 0.1) is 6.92 Å². The fourth-order valence-electron chi connectivity index (χ4n) is 2.87. The van der Waals surface area contributed by atoms with Crippen molar-refractivity contribution in [3.8, 4) is 16.8 Å². The predicted molar refractivity (Wildman–Crippen MR) is 105 cm³/mol. The van der Waals surface area contributed by atoms with Gasteiger partial charge in [0.2, 0.25) is 0 Å². The number of rotatable bonds is 5. The van der Waals surface area contributed by atoms with Crippen LogP contribution in [0.1, 0.15) is 20.8 Å². The highest BCUT2D eigenvalue weighted by molar-refractivity contribution is 7.12. The van der Waals surface area contributed by atoms with Gasteiger partial charge in [-0.3, -0.25) is 4.79 Å². The Labute approximate surface area is 160 Å². The summed E-state index contributed by atoms with van der Waals surface area (Å²) in [5, 5.41) is 15.9. The lowest BCUT2D eigenvalue weighted by atomic mass is 10.0. The molecule has 0 aliphatic rings. The highest BCUT2D eigenvalue weighted by Crippen LogP contribution is 2.22. The van der Waals surface area contributed by atoms with Crippen molar-refractivity contribution in [3.05, 3.63) is 82.3 Å². The molecular weight excluding hydrogens is 358 g/mol. The molecule has 6 nitrogen and oxygen atoms in total. The fraction of sp³-hybridized carbons (Fsp3) is 0.100. The van der Waals surface area contributed by atoms with E-state index in [1.807, 2.05) is 23.6 Å². The van der Waals surface area contributed by atoms with Gasteiger partial charge in [-0.1, -0.05) is 48.0 Å². The zero-order chi connectivity index (χ0) is 18.6. The quantitative estimate of drug-likeness (QED) is 0.578. The van der Waals surface area contributed by atoms with Gasteiger partial charge in [0.15, 0.2) is 0 Å². The van der Waals surface area contributed by atoms with Crippen molar-refractivity contribution in [2.45, 2.75) is 13.5 Å². The van der Waals surface area contributed by atoms with Crippen LogP contribution in [0.5, 0.6) is 0 Å². The van der Waals surface area contributed by atoms with Crippen molar-refractivity contribution in [2.75, 3.05) is 0 Å². The average molecular weight is 375 g/mol. The third kappa shape index (κ3) is 3.78. The normalized spacial score (nSPS) is 10.7. The lowest BCUT2D eigenvalue weighted by molar-refractivity contribution is 0.0955. The van der Waals surface area contributed by atoms with Gasteiger partial charge in [0.25, 0.3) is 5.91 Å². The summed E-state index contributed by atoms with van der Waals surface area (Å²) in [6.07, 6.45) is 1.48. The molecule has 134 valence electrons. The Morgan fingerprint density at radius 3 is 2.70 bits per heavy atom. The summed E-state index contributed by atoms with van der Waals surface area (Å²) in [6.45, 7) is 2.53. The van der Waals surface area contributed by atoms with Crippen LogP contribution in [0.2, 0.25) is 0 Å². The zero-order valence-corrected chi connectivity index (χ0v) is 15.5. The molecule has 1 N–H and O–H groups in total. The van der Waals surface area contributed by atoms with E-state index in [-0.39, 0.29) is 5.91 Å². The van der Waals surface area contributed by atoms with Crippen LogP contribution >= 0.6 is 11.3 Å². The van der Waals surface area contributed by atoms with E-state index in [2.05, 4.69) is 64.2 Å². The van der Waals surface area contributed by atoms with E-state index in [4.69, 9.17) is 0 Å². The summed E-state index contributed by atoms with van der Waals surface area (Å²) in [5.41, 5.74) is 5.25. The lowest BCUT2D eigenvalue weighted by Crippen LogP contribution is -2.23. The van der Waals surface area contributed by atoms with E-state index in [0.717, 1.165) is 11.1 Å². The Morgan fingerprint density at radius 2 is 1.93 bits per heavy atom. The van der Waals surface area contributed by atoms with Crippen molar-refractivity contribution < 1.29 is 4.79 Å². The molecule has 2 heterocycles. The first-order chi connectivity index (χ1) is 13.2. The van der Waals surface area contributed by atoms with Gasteiger partial charge in [0.1, 0.15) is 11.2 Å². The van der Waals surface area contributed by atoms with Crippen molar-refractivity contribution in [1.82, 2.24) is 25.5 Å². The number of thiophene rings is 1. The van der Waals surface area contributed by atoms with E-state index in [1.165, 1.54) is 33.5 Å². The number of benzene rings is 2. The first kappa shape index (κ1) is 17.1. The first-order valence-corrected chi connectivity index (χ1v) is 9.34. The number of carbonyl (C=O) groups is 1. The minimum atomic E-state index is -0.142.